The van der Waals surface area contributed by atoms with Gasteiger partial charge in [-0.3, -0.25) is 10.1 Å². The van der Waals surface area contributed by atoms with Crippen LogP contribution in [-0.4, -0.2) is 26.4 Å². The highest BCUT2D eigenvalue weighted by Gasteiger charge is 2.52. The van der Waals surface area contributed by atoms with Gasteiger partial charge in [-0.25, -0.2) is 17.9 Å². The molecule has 3 amide bonds. The maximum atomic E-state index is 13.0. The van der Waals surface area contributed by atoms with Crippen LogP contribution in [0.3, 0.4) is 0 Å². The number of nitrogens with one attached hydrogen (secondary N) is 3. The Kier molecular flexibility index (Phi) is 5.68. The van der Waals surface area contributed by atoms with Gasteiger partial charge in [-0.1, -0.05) is 48.5 Å². The maximum absolute atomic E-state index is 13.0. The summed E-state index contributed by atoms with van der Waals surface area (Å²) < 4.78 is 34.3. The molecule has 1 aliphatic rings. The van der Waals surface area contributed by atoms with Gasteiger partial charge in [-0.2, -0.15) is 0 Å². The molecule has 0 aromatic heterocycles. The number of sulfonamides is 1. The first kappa shape index (κ1) is 21.5. The van der Waals surface area contributed by atoms with Crippen molar-refractivity contribution in [2.75, 3.05) is 0 Å². The molecule has 1 aliphatic heterocycles. The molecule has 3 aromatic carbocycles. The van der Waals surface area contributed by atoms with E-state index in [1.165, 1.54) is 19.1 Å². The highest BCUT2D eigenvalue weighted by molar-refractivity contribution is 7.89. The van der Waals surface area contributed by atoms with Crippen molar-refractivity contribution in [2.24, 2.45) is 0 Å². The third-order valence-corrected chi connectivity index (χ3v) is 6.78. The smallest absolute Gasteiger partial charge is 0.322 e. The SMILES string of the molecule is C[C@@H](NS(=O)(=O)c1ccc(Oc2ccccc2)cc1)[C@@]1(c2ccccc2)NC(=O)NC1=O. The molecule has 0 saturated carbocycles. The van der Waals surface area contributed by atoms with Crippen LogP contribution in [-0.2, 0) is 20.4 Å². The number of para-hydroxylation sites is 1. The molecule has 0 spiro atoms. The highest BCUT2D eigenvalue weighted by Crippen LogP contribution is 2.30. The van der Waals surface area contributed by atoms with Crippen molar-refractivity contribution in [1.82, 2.24) is 15.4 Å². The Labute approximate surface area is 185 Å². The summed E-state index contributed by atoms with van der Waals surface area (Å²) >= 11 is 0. The van der Waals surface area contributed by atoms with E-state index in [4.69, 9.17) is 4.74 Å². The van der Waals surface area contributed by atoms with Crippen molar-refractivity contribution in [2.45, 2.75) is 23.4 Å². The van der Waals surface area contributed by atoms with Crippen LogP contribution in [0.25, 0.3) is 0 Å². The van der Waals surface area contributed by atoms with Crippen LogP contribution in [0.15, 0.2) is 89.8 Å². The predicted molar refractivity (Wildman–Crippen MR) is 118 cm³/mol. The van der Waals surface area contributed by atoms with Crippen LogP contribution in [0.2, 0.25) is 0 Å². The number of rotatable bonds is 7. The zero-order chi connectivity index (χ0) is 22.8. The van der Waals surface area contributed by atoms with Crippen LogP contribution in [0.4, 0.5) is 4.79 Å². The third kappa shape index (κ3) is 4.08. The lowest BCUT2D eigenvalue weighted by Crippen LogP contribution is -2.58. The van der Waals surface area contributed by atoms with E-state index in [2.05, 4.69) is 15.4 Å². The summed E-state index contributed by atoms with van der Waals surface area (Å²) in [7, 11) is -4.01. The maximum Gasteiger partial charge on any atom is 0.322 e. The molecule has 1 fully saturated rings. The van der Waals surface area contributed by atoms with E-state index in [1.807, 2.05) is 18.2 Å². The summed E-state index contributed by atoms with van der Waals surface area (Å²) in [5.74, 6) is 0.476. The Hall–Kier alpha value is -3.69. The topological polar surface area (TPSA) is 114 Å². The van der Waals surface area contributed by atoms with Gasteiger partial charge >= 0.3 is 6.03 Å². The van der Waals surface area contributed by atoms with Gasteiger partial charge in [-0.15, -0.1) is 0 Å². The summed E-state index contributed by atoms with van der Waals surface area (Å²) in [5, 5.41) is 4.80. The largest absolute Gasteiger partial charge is 0.457 e. The second-order valence-corrected chi connectivity index (χ2v) is 9.03. The first-order valence-corrected chi connectivity index (χ1v) is 11.3. The monoisotopic (exact) mass is 451 g/mol. The molecule has 9 heteroatoms. The minimum absolute atomic E-state index is 0.00213. The van der Waals surface area contributed by atoms with E-state index in [1.54, 1.807) is 54.6 Å². The minimum atomic E-state index is -4.01. The summed E-state index contributed by atoms with van der Waals surface area (Å²) in [6.07, 6.45) is 0. The lowest BCUT2D eigenvalue weighted by molar-refractivity contribution is -0.125. The number of benzene rings is 3. The van der Waals surface area contributed by atoms with E-state index >= 15 is 0 Å². The van der Waals surface area contributed by atoms with Gasteiger partial charge in [0.15, 0.2) is 5.54 Å². The number of imide groups is 1. The molecule has 0 aliphatic carbocycles. The van der Waals surface area contributed by atoms with Crippen molar-refractivity contribution in [3.8, 4) is 11.5 Å². The predicted octanol–water partition coefficient (Wildman–Crippen LogP) is 2.88. The van der Waals surface area contributed by atoms with Gasteiger partial charge in [-0.05, 0) is 48.9 Å². The summed E-state index contributed by atoms with van der Waals surface area (Å²) in [4.78, 5) is 24.7. The molecule has 1 saturated heterocycles. The molecular weight excluding hydrogens is 430 g/mol. The van der Waals surface area contributed by atoms with Crippen LogP contribution in [0, 0.1) is 0 Å². The molecule has 8 nitrogen and oxygen atoms in total. The molecule has 2 atom stereocenters. The van der Waals surface area contributed by atoms with Crippen molar-refractivity contribution in [3.05, 3.63) is 90.5 Å². The van der Waals surface area contributed by atoms with Gasteiger partial charge < -0.3 is 10.1 Å². The second kappa shape index (κ2) is 8.45. The number of urea groups is 1. The molecule has 0 unspecified atom stereocenters. The molecule has 1 heterocycles. The molecule has 3 aromatic rings. The van der Waals surface area contributed by atoms with Gasteiger partial charge in [0.05, 0.1) is 10.9 Å². The van der Waals surface area contributed by atoms with Crippen LogP contribution >= 0.6 is 0 Å². The second-order valence-electron chi connectivity index (χ2n) is 7.31. The highest BCUT2D eigenvalue weighted by atomic mass is 32.2. The van der Waals surface area contributed by atoms with E-state index in [-0.39, 0.29) is 4.90 Å². The van der Waals surface area contributed by atoms with Gasteiger partial charge in [0.25, 0.3) is 5.91 Å². The van der Waals surface area contributed by atoms with E-state index in [0.29, 0.717) is 17.1 Å². The van der Waals surface area contributed by atoms with E-state index in [9.17, 15) is 18.0 Å². The molecule has 164 valence electrons. The average molecular weight is 452 g/mol. The van der Waals surface area contributed by atoms with Crippen molar-refractivity contribution in [3.63, 3.8) is 0 Å². The first-order valence-electron chi connectivity index (χ1n) is 9.86. The average Bonchev–Trinajstić information content (AvgIpc) is 3.10. The fourth-order valence-electron chi connectivity index (χ4n) is 3.63. The Bertz CT molecular complexity index is 1230. The quantitative estimate of drug-likeness (QED) is 0.478. The molecular formula is C23H21N3O5S. The molecule has 4 rings (SSSR count). The number of hydrogen-bond acceptors (Lipinski definition) is 5. The Morgan fingerprint density at radius 3 is 1.97 bits per heavy atom. The number of ether oxygens (including phenoxy) is 1. The van der Waals surface area contributed by atoms with Crippen LogP contribution in [0.1, 0.15) is 12.5 Å². The number of carbonyl (C=O) groups is 2. The van der Waals surface area contributed by atoms with Crippen molar-refractivity contribution >= 4 is 22.0 Å². The third-order valence-electron chi connectivity index (χ3n) is 5.22. The lowest BCUT2D eigenvalue weighted by atomic mass is 9.84. The van der Waals surface area contributed by atoms with Crippen LogP contribution < -0.4 is 20.1 Å². The molecule has 32 heavy (non-hydrogen) atoms. The summed E-state index contributed by atoms with van der Waals surface area (Å²) in [6, 6.07) is 21.9. The standard InChI is InChI=1S/C23H21N3O5S/c1-16(23(17-8-4-2-5-9-17)21(27)24-22(28)25-23)26-32(29,30)20-14-12-19(13-15-20)31-18-10-6-3-7-11-18/h2-16,26H,1H3,(H2,24,25,27,28)/t16-,23+/m1/s1. The van der Waals surface area contributed by atoms with Crippen molar-refractivity contribution in [1.29, 1.82) is 0 Å². The molecule has 0 radical (unpaired) electrons. The normalized spacial score (nSPS) is 19.2. The van der Waals surface area contributed by atoms with Gasteiger partial charge in [0.1, 0.15) is 11.5 Å². The van der Waals surface area contributed by atoms with Gasteiger partial charge in [0, 0.05) is 0 Å². The fraction of sp³-hybridized carbons (Fsp3) is 0.130. The van der Waals surface area contributed by atoms with Gasteiger partial charge in [0.2, 0.25) is 10.0 Å². The first-order chi connectivity index (χ1) is 15.3. The molecule has 0 bridgehead atoms. The fourth-order valence-corrected chi connectivity index (χ4v) is 4.90. The van der Waals surface area contributed by atoms with E-state index < -0.39 is 33.5 Å². The Morgan fingerprint density at radius 2 is 1.41 bits per heavy atom. The number of hydrogen-bond donors (Lipinski definition) is 3. The Balaban J connectivity index is 1.58. The summed E-state index contributed by atoms with van der Waals surface area (Å²) in [5.41, 5.74) is -1.12. The summed E-state index contributed by atoms with van der Waals surface area (Å²) in [6.45, 7) is 1.53. The van der Waals surface area contributed by atoms with E-state index in [0.717, 1.165) is 0 Å². The lowest BCUT2D eigenvalue weighted by Gasteiger charge is -2.33. The zero-order valence-corrected chi connectivity index (χ0v) is 17.9. The minimum Gasteiger partial charge on any atom is -0.457 e. The number of carbonyl (C=O) groups excluding carboxylic acids is 2. The Morgan fingerprint density at radius 1 is 0.844 bits per heavy atom. The number of amides is 3. The van der Waals surface area contributed by atoms with Crippen LogP contribution in [0.5, 0.6) is 11.5 Å². The zero-order valence-electron chi connectivity index (χ0n) is 17.1. The molecule has 3 N–H and O–H groups in total. The van der Waals surface area contributed by atoms with Crippen molar-refractivity contribution < 1.29 is 22.7 Å².